The number of rotatable bonds is 5. The molecule has 0 unspecified atom stereocenters. The molecule has 1 saturated heterocycles. The molecule has 0 bridgehead atoms. The molecule has 2 aromatic heterocycles. The van der Waals surface area contributed by atoms with Crippen molar-refractivity contribution in [3.63, 3.8) is 0 Å². The Morgan fingerprint density at radius 2 is 1.96 bits per heavy atom. The average Bonchev–Trinajstić information content (AvgIpc) is 3.21. The second-order valence-electron chi connectivity index (χ2n) is 6.30. The lowest BCUT2D eigenvalue weighted by atomic mass is 9.97. The van der Waals surface area contributed by atoms with E-state index in [9.17, 15) is 9.59 Å². The molecule has 140 valence electrons. The molecule has 3 heterocycles. The van der Waals surface area contributed by atoms with E-state index in [4.69, 9.17) is 4.74 Å². The van der Waals surface area contributed by atoms with Gasteiger partial charge in [-0.15, -0.1) is 5.10 Å². The third-order valence-electron chi connectivity index (χ3n) is 4.63. The smallest absolute Gasteiger partial charge is 0.309 e. The summed E-state index contributed by atoms with van der Waals surface area (Å²) in [6.45, 7) is 7.38. The van der Waals surface area contributed by atoms with Gasteiger partial charge in [0.1, 0.15) is 0 Å². The van der Waals surface area contributed by atoms with Crippen molar-refractivity contribution in [1.29, 1.82) is 0 Å². The second-order valence-corrected chi connectivity index (χ2v) is 6.82. The third kappa shape index (κ3) is 3.74. The summed E-state index contributed by atoms with van der Waals surface area (Å²) >= 11 is 1.16. The van der Waals surface area contributed by atoms with Crippen molar-refractivity contribution >= 4 is 23.6 Å². The molecule has 2 aromatic rings. The number of aromatic nitrogens is 5. The Kier molecular flexibility index (Phi) is 5.60. The number of hydrogen-bond donors (Lipinski definition) is 0. The van der Waals surface area contributed by atoms with Gasteiger partial charge in [0.05, 0.1) is 47.9 Å². The topological polar surface area (TPSA) is 103 Å². The minimum absolute atomic E-state index is 0.129. The van der Waals surface area contributed by atoms with Crippen LogP contribution in [0.5, 0.6) is 0 Å². The summed E-state index contributed by atoms with van der Waals surface area (Å²) in [5.41, 5.74) is 2.74. The molecular formula is C16H22N6O3S. The number of carbonyl (C=O) groups is 2. The molecule has 0 atom stereocenters. The van der Waals surface area contributed by atoms with Gasteiger partial charge >= 0.3 is 5.97 Å². The van der Waals surface area contributed by atoms with Crippen LogP contribution >= 0.6 is 11.7 Å². The van der Waals surface area contributed by atoms with Gasteiger partial charge in [-0.1, -0.05) is 5.21 Å². The van der Waals surface area contributed by atoms with Gasteiger partial charge in [-0.05, 0) is 33.6 Å². The van der Waals surface area contributed by atoms with Crippen molar-refractivity contribution in [2.75, 3.05) is 19.7 Å². The van der Waals surface area contributed by atoms with Crippen molar-refractivity contribution in [2.24, 2.45) is 5.92 Å². The molecule has 26 heavy (non-hydrogen) atoms. The van der Waals surface area contributed by atoms with E-state index in [0.717, 1.165) is 23.1 Å². The van der Waals surface area contributed by atoms with E-state index < -0.39 is 0 Å². The van der Waals surface area contributed by atoms with Crippen LogP contribution in [0.2, 0.25) is 0 Å². The number of aryl methyl sites for hydroxylation is 1. The first-order valence-electron chi connectivity index (χ1n) is 8.65. The zero-order chi connectivity index (χ0) is 18.7. The molecule has 1 fully saturated rings. The van der Waals surface area contributed by atoms with Crippen LogP contribution in [0.1, 0.15) is 47.3 Å². The molecule has 1 aliphatic heterocycles. The van der Waals surface area contributed by atoms with Crippen LogP contribution in [0.3, 0.4) is 0 Å². The Hall–Kier alpha value is -2.36. The predicted molar refractivity (Wildman–Crippen MR) is 93.8 cm³/mol. The lowest BCUT2D eigenvalue weighted by molar-refractivity contribution is -0.149. The number of nitrogens with zero attached hydrogens (tertiary/aromatic N) is 6. The fourth-order valence-corrected chi connectivity index (χ4v) is 3.53. The highest BCUT2D eigenvalue weighted by atomic mass is 32.1. The van der Waals surface area contributed by atoms with Gasteiger partial charge in [-0.25, -0.2) is 4.68 Å². The summed E-state index contributed by atoms with van der Waals surface area (Å²) in [5, 5.41) is 8.17. The highest BCUT2D eigenvalue weighted by Crippen LogP contribution is 2.21. The highest BCUT2D eigenvalue weighted by molar-refractivity contribution is 6.99. The molecular weight excluding hydrogens is 356 g/mol. The van der Waals surface area contributed by atoms with E-state index >= 15 is 0 Å². The van der Waals surface area contributed by atoms with Crippen molar-refractivity contribution in [3.8, 4) is 0 Å². The molecule has 0 aliphatic carbocycles. The van der Waals surface area contributed by atoms with Gasteiger partial charge in [-0.2, -0.15) is 8.75 Å². The van der Waals surface area contributed by atoms with Crippen LogP contribution in [-0.2, 0) is 16.1 Å². The highest BCUT2D eigenvalue weighted by Gasteiger charge is 2.30. The van der Waals surface area contributed by atoms with E-state index in [-0.39, 0.29) is 17.8 Å². The Morgan fingerprint density at radius 3 is 2.58 bits per heavy atom. The fourth-order valence-electron chi connectivity index (χ4n) is 2.97. The van der Waals surface area contributed by atoms with Gasteiger partial charge in [0.25, 0.3) is 5.91 Å². The van der Waals surface area contributed by atoms with Crippen LogP contribution < -0.4 is 0 Å². The molecule has 0 aromatic carbocycles. The normalized spacial score (nSPS) is 15.3. The minimum atomic E-state index is -0.172. The summed E-state index contributed by atoms with van der Waals surface area (Å²) in [7, 11) is 0. The lowest BCUT2D eigenvalue weighted by Gasteiger charge is -2.30. The first kappa shape index (κ1) is 18.4. The monoisotopic (exact) mass is 378 g/mol. The van der Waals surface area contributed by atoms with E-state index in [1.54, 1.807) is 16.5 Å². The molecule has 0 spiro atoms. The van der Waals surface area contributed by atoms with Gasteiger partial charge in [-0.3, -0.25) is 9.59 Å². The van der Waals surface area contributed by atoms with Crippen LogP contribution in [0.4, 0.5) is 0 Å². The van der Waals surface area contributed by atoms with Gasteiger partial charge in [0.2, 0.25) is 0 Å². The first-order chi connectivity index (χ1) is 12.5. The van der Waals surface area contributed by atoms with Crippen LogP contribution in [0, 0.1) is 19.8 Å². The maximum Gasteiger partial charge on any atom is 0.309 e. The maximum atomic E-state index is 12.8. The predicted octanol–water partition coefficient (Wildman–Crippen LogP) is 1.21. The van der Waals surface area contributed by atoms with Crippen LogP contribution in [-0.4, -0.2) is 60.2 Å². The fraction of sp³-hybridized carbons (Fsp3) is 0.625. The number of carbonyl (C=O) groups excluding carboxylic acids is 2. The number of piperidine rings is 1. The van der Waals surface area contributed by atoms with Gasteiger partial charge in [0, 0.05) is 13.1 Å². The van der Waals surface area contributed by atoms with Crippen molar-refractivity contribution < 1.29 is 14.3 Å². The molecule has 0 radical (unpaired) electrons. The van der Waals surface area contributed by atoms with Gasteiger partial charge in [0.15, 0.2) is 5.69 Å². The number of ether oxygens (including phenoxy) is 1. The van der Waals surface area contributed by atoms with Crippen molar-refractivity contribution in [2.45, 2.75) is 40.2 Å². The standard InChI is InChI=1S/C16H22N6O3S/c1-4-25-16(24)12-5-7-21(8-6-12)15(23)14-11(3)22(20-17-14)9-13-10(2)18-26-19-13/h12H,4-9H2,1-3H3. The molecule has 9 nitrogen and oxygen atoms in total. The van der Waals surface area contributed by atoms with Crippen molar-refractivity contribution in [1.82, 2.24) is 28.6 Å². The van der Waals surface area contributed by atoms with Crippen LogP contribution in [0.25, 0.3) is 0 Å². The summed E-state index contributed by atoms with van der Waals surface area (Å²) in [6.07, 6.45) is 1.23. The number of hydrogen-bond acceptors (Lipinski definition) is 8. The molecule has 0 N–H and O–H groups in total. The maximum absolute atomic E-state index is 12.8. The van der Waals surface area contributed by atoms with E-state index in [0.29, 0.717) is 50.5 Å². The third-order valence-corrected chi connectivity index (χ3v) is 5.29. The number of esters is 1. The zero-order valence-electron chi connectivity index (χ0n) is 15.1. The lowest BCUT2D eigenvalue weighted by Crippen LogP contribution is -2.41. The van der Waals surface area contributed by atoms with Crippen LogP contribution in [0.15, 0.2) is 0 Å². The quantitative estimate of drug-likeness (QED) is 0.720. The second kappa shape index (κ2) is 7.90. The molecule has 10 heteroatoms. The van der Waals surface area contributed by atoms with Crippen molar-refractivity contribution in [3.05, 3.63) is 22.8 Å². The minimum Gasteiger partial charge on any atom is -0.466 e. The number of amides is 1. The van der Waals surface area contributed by atoms with E-state index in [2.05, 4.69) is 19.1 Å². The summed E-state index contributed by atoms with van der Waals surface area (Å²) in [4.78, 5) is 26.3. The summed E-state index contributed by atoms with van der Waals surface area (Å²) in [5.74, 6) is -0.450. The molecule has 1 amide bonds. The van der Waals surface area contributed by atoms with Gasteiger partial charge < -0.3 is 9.64 Å². The van der Waals surface area contributed by atoms with E-state index in [1.807, 2.05) is 13.8 Å². The molecule has 1 aliphatic rings. The molecule has 0 saturated carbocycles. The SMILES string of the molecule is CCOC(=O)C1CCN(C(=O)c2nnn(Cc3nsnc3C)c2C)CC1. The summed E-state index contributed by atoms with van der Waals surface area (Å²) in [6, 6.07) is 0. The Morgan fingerprint density at radius 1 is 1.23 bits per heavy atom. The molecule has 3 rings (SSSR count). The average molecular weight is 378 g/mol. The number of likely N-dealkylation sites (tertiary alicyclic amines) is 1. The largest absolute Gasteiger partial charge is 0.466 e. The Bertz CT molecular complexity index is 794. The zero-order valence-corrected chi connectivity index (χ0v) is 16.0. The van der Waals surface area contributed by atoms with E-state index in [1.165, 1.54) is 0 Å². The first-order valence-corrected chi connectivity index (χ1v) is 9.38. The Labute approximate surface area is 155 Å². The summed E-state index contributed by atoms with van der Waals surface area (Å²) < 4.78 is 15.1. The Balaban J connectivity index is 1.64.